The summed E-state index contributed by atoms with van der Waals surface area (Å²) >= 11 is 1.47. The average Bonchev–Trinajstić information content (AvgIpc) is 2.73. The van der Waals surface area contributed by atoms with E-state index in [1.54, 1.807) is 7.11 Å². The van der Waals surface area contributed by atoms with Crippen molar-refractivity contribution in [3.05, 3.63) is 31.8 Å². The van der Waals surface area contributed by atoms with Crippen molar-refractivity contribution in [1.29, 1.82) is 0 Å². The SMILES string of the molecule is COCCn1c(=O)[nH]c2sc(C(C)C)cc2c1=O. The monoisotopic (exact) mass is 268 g/mol. The van der Waals surface area contributed by atoms with Gasteiger partial charge in [0.1, 0.15) is 4.83 Å². The highest BCUT2D eigenvalue weighted by Gasteiger charge is 2.12. The number of hydrogen-bond donors (Lipinski definition) is 1. The first-order valence-electron chi connectivity index (χ1n) is 5.80. The zero-order valence-electron chi connectivity index (χ0n) is 10.6. The van der Waals surface area contributed by atoms with Gasteiger partial charge in [-0.15, -0.1) is 11.3 Å². The Bertz CT molecular complexity index is 666. The van der Waals surface area contributed by atoms with Crippen LogP contribution in [-0.2, 0) is 11.3 Å². The molecule has 2 heterocycles. The molecular formula is C12H16N2O3S. The van der Waals surface area contributed by atoms with Crippen molar-refractivity contribution in [3.8, 4) is 0 Å². The number of aromatic nitrogens is 2. The Balaban J connectivity index is 2.62. The lowest BCUT2D eigenvalue weighted by molar-refractivity contribution is 0.185. The van der Waals surface area contributed by atoms with Crippen molar-refractivity contribution in [3.63, 3.8) is 0 Å². The molecule has 98 valence electrons. The van der Waals surface area contributed by atoms with Gasteiger partial charge in [-0.1, -0.05) is 13.8 Å². The maximum atomic E-state index is 12.2. The van der Waals surface area contributed by atoms with E-state index in [-0.39, 0.29) is 17.8 Å². The molecule has 2 aromatic rings. The molecule has 0 aromatic carbocycles. The van der Waals surface area contributed by atoms with Crippen LogP contribution in [0, 0.1) is 0 Å². The molecule has 18 heavy (non-hydrogen) atoms. The molecule has 2 rings (SSSR count). The minimum Gasteiger partial charge on any atom is -0.383 e. The number of nitrogens with one attached hydrogen (secondary N) is 1. The maximum absolute atomic E-state index is 12.2. The molecule has 2 aromatic heterocycles. The minimum atomic E-state index is -0.373. The van der Waals surface area contributed by atoms with Gasteiger partial charge in [-0.3, -0.25) is 14.3 Å². The van der Waals surface area contributed by atoms with Crippen LogP contribution in [0.1, 0.15) is 24.6 Å². The van der Waals surface area contributed by atoms with Crippen molar-refractivity contribution in [1.82, 2.24) is 9.55 Å². The van der Waals surface area contributed by atoms with E-state index in [1.807, 2.05) is 6.07 Å². The van der Waals surface area contributed by atoms with Gasteiger partial charge in [0.05, 0.1) is 18.5 Å². The third kappa shape index (κ3) is 2.26. The summed E-state index contributed by atoms with van der Waals surface area (Å²) < 4.78 is 6.08. The fraction of sp³-hybridized carbons (Fsp3) is 0.500. The van der Waals surface area contributed by atoms with Crippen LogP contribution in [0.4, 0.5) is 0 Å². The van der Waals surface area contributed by atoms with Gasteiger partial charge in [-0.05, 0) is 12.0 Å². The van der Waals surface area contributed by atoms with Crippen molar-refractivity contribution in [2.24, 2.45) is 0 Å². The molecule has 0 spiro atoms. The van der Waals surface area contributed by atoms with E-state index in [0.717, 1.165) is 4.88 Å². The van der Waals surface area contributed by atoms with Gasteiger partial charge in [0.2, 0.25) is 0 Å². The van der Waals surface area contributed by atoms with Crippen LogP contribution in [-0.4, -0.2) is 23.3 Å². The van der Waals surface area contributed by atoms with Crippen molar-refractivity contribution in [2.45, 2.75) is 26.3 Å². The molecule has 0 atom stereocenters. The average molecular weight is 268 g/mol. The first kappa shape index (κ1) is 13.0. The second-order valence-corrected chi connectivity index (χ2v) is 5.51. The van der Waals surface area contributed by atoms with Crippen LogP contribution in [0.25, 0.3) is 10.2 Å². The van der Waals surface area contributed by atoms with Crippen LogP contribution >= 0.6 is 11.3 Å². The first-order chi connectivity index (χ1) is 8.54. The van der Waals surface area contributed by atoms with Crippen LogP contribution < -0.4 is 11.2 Å². The Labute approximate surface area is 108 Å². The number of hydrogen-bond acceptors (Lipinski definition) is 4. The Morgan fingerprint density at radius 1 is 1.44 bits per heavy atom. The molecule has 1 N–H and O–H groups in total. The lowest BCUT2D eigenvalue weighted by Crippen LogP contribution is -2.35. The van der Waals surface area contributed by atoms with Crippen molar-refractivity contribution < 1.29 is 4.74 Å². The van der Waals surface area contributed by atoms with Crippen molar-refractivity contribution in [2.75, 3.05) is 13.7 Å². The van der Waals surface area contributed by atoms with Crippen LogP contribution in [0.2, 0.25) is 0 Å². The summed E-state index contributed by atoms with van der Waals surface area (Å²) in [6.07, 6.45) is 0. The number of rotatable bonds is 4. The lowest BCUT2D eigenvalue weighted by Gasteiger charge is -2.02. The second-order valence-electron chi connectivity index (χ2n) is 4.43. The summed E-state index contributed by atoms with van der Waals surface area (Å²) in [7, 11) is 1.54. The number of H-pyrrole nitrogens is 1. The van der Waals surface area contributed by atoms with Gasteiger partial charge in [0.25, 0.3) is 5.56 Å². The number of aromatic amines is 1. The molecule has 6 heteroatoms. The van der Waals surface area contributed by atoms with E-state index in [1.165, 1.54) is 15.9 Å². The number of fused-ring (bicyclic) bond motifs is 1. The van der Waals surface area contributed by atoms with Crippen LogP contribution in [0.3, 0.4) is 0 Å². The zero-order chi connectivity index (χ0) is 13.3. The Morgan fingerprint density at radius 3 is 2.78 bits per heavy atom. The fourth-order valence-corrected chi connectivity index (χ4v) is 2.78. The number of thiophene rings is 1. The largest absolute Gasteiger partial charge is 0.383 e. The molecule has 0 unspecified atom stereocenters. The standard InChI is InChI=1S/C12H16N2O3S/c1-7(2)9-6-8-10(18-9)13-12(16)14(11(8)15)4-5-17-3/h6-7H,4-5H2,1-3H3,(H,13,16). The minimum absolute atomic E-state index is 0.242. The lowest BCUT2D eigenvalue weighted by atomic mass is 10.2. The summed E-state index contributed by atoms with van der Waals surface area (Å²) in [5, 5.41) is 0.583. The van der Waals surface area contributed by atoms with Gasteiger partial charge in [-0.2, -0.15) is 0 Å². The quantitative estimate of drug-likeness (QED) is 0.914. The van der Waals surface area contributed by atoms with E-state index < -0.39 is 0 Å². The third-order valence-electron chi connectivity index (χ3n) is 2.78. The molecule has 0 aliphatic carbocycles. The number of methoxy groups -OCH3 is 1. The highest BCUT2D eigenvalue weighted by Crippen LogP contribution is 2.26. The molecule has 0 bridgehead atoms. The number of ether oxygens (including phenoxy) is 1. The van der Waals surface area contributed by atoms with E-state index in [0.29, 0.717) is 22.7 Å². The summed E-state index contributed by atoms with van der Waals surface area (Å²) in [6.45, 7) is 4.74. The summed E-state index contributed by atoms with van der Waals surface area (Å²) in [5.74, 6) is 0.345. The summed E-state index contributed by atoms with van der Waals surface area (Å²) in [4.78, 5) is 28.5. The van der Waals surface area contributed by atoms with Gasteiger partial charge in [0.15, 0.2) is 0 Å². The summed E-state index contributed by atoms with van der Waals surface area (Å²) in [6, 6.07) is 1.87. The first-order valence-corrected chi connectivity index (χ1v) is 6.61. The van der Waals surface area contributed by atoms with Crippen LogP contribution in [0.15, 0.2) is 15.7 Å². The second kappa shape index (κ2) is 5.07. The molecule has 0 aliphatic heterocycles. The molecule has 0 fully saturated rings. The molecule has 5 nitrogen and oxygen atoms in total. The fourth-order valence-electron chi connectivity index (χ4n) is 1.73. The normalized spacial score (nSPS) is 11.6. The van der Waals surface area contributed by atoms with Crippen molar-refractivity contribution >= 4 is 21.6 Å². The van der Waals surface area contributed by atoms with Gasteiger partial charge < -0.3 is 4.74 Å². The smallest absolute Gasteiger partial charge is 0.329 e. The molecular weight excluding hydrogens is 252 g/mol. The van der Waals surface area contributed by atoms with E-state index in [9.17, 15) is 9.59 Å². The predicted molar refractivity (Wildman–Crippen MR) is 72.7 cm³/mol. The van der Waals surface area contributed by atoms with Crippen LogP contribution in [0.5, 0.6) is 0 Å². The Hall–Kier alpha value is -1.40. The Morgan fingerprint density at radius 2 is 2.17 bits per heavy atom. The van der Waals surface area contributed by atoms with E-state index in [4.69, 9.17) is 4.74 Å². The van der Waals surface area contributed by atoms with E-state index >= 15 is 0 Å². The van der Waals surface area contributed by atoms with E-state index in [2.05, 4.69) is 18.8 Å². The molecule has 0 radical (unpaired) electrons. The highest BCUT2D eigenvalue weighted by molar-refractivity contribution is 7.18. The maximum Gasteiger partial charge on any atom is 0.329 e. The van der Waals surface area contributed by atoms with Gasteiger partial charge in [0, 0.05) is 12.0 Å². The Kier molecular flexibility index (Phi) is 3.68. The van der Waals surface area contributed by atoms with Gasteiger partial charge >= 0.3 is 5.69 Å². The third-order valence-corrected chi connectivity index (χ3v) is 4.13. The molecule has 0 saturated heterocycles. The topological polar surface area (TPSA) is 64.1 Å². The molecule has 0 amide bonds. The molecule has 0 aliphatic rings. The zero-order valence-corrected chi connectivity index (χ0v) is 11.5. The highest BCUT2D eigenvalue weighted by atomic mass is 32.1. The van der Waals surface area contributed by atoms with Gasteiger partial charge in [-0.25, -0.2) is 4.79 Å². The predicted octanol–water partition coefficient (Wildman–Crippen LogP) is 1.52. The summed E-state index contributed by atoms with van der Waals surface area (Å²) in [5.41, 5.74) is -0.615. The number of nitrogens with zero attached hydrogens (tertiary/aromatic N) is 1. The molecule has 0 saturated carbocycles.